The summed E-state index contributed by atoms with van der Waals surface area (Å²) in [4.78, 5) is 59.1. The zero-order valence-electron chi connectivity index (χ0n) is 76.1. The van der Waals surface area contributed by atoms with Gasteiger partial charge >= 0.3 is 33.6 Å². The van der Waals surface area contributed by atoms with Crippen LogP contribution >= 0.6 is 15.6 Å². The lowest BCUT2D eigenvalue weighted by atomic mass is 10.0. The number of allylic oxidation sites excluding steroid dienone is 32. The van der Waals surface area contributed by atoms with E-state index in [9.17, 15) is 43.5 Å². The van der Waals surface area contributed by atoms with Crippen molar-refractivity contribution in [3.05, 3.63) is 194 Å². The second kappa shape index (κ2) is 93.5. The van der Waals surface area contributed by atoms with Crippen molar-refractivity contribution in [3.63, 3.8) is 0 Å². The van der Waals surface area contributed by atoms with E-state index in [1.54, 1.807) is 0 Å². The number of esters is 3. The van der Waals surface area contributed by atoms with Gasteiger partial charge in [-0.3, -0.25) is 32.5 Å². The highest BCUT2D eigenvalue weighted by molar-refractivity contribution is 7.47. The van der Waals surface area contributed by atoms with Crippen molar-refractivity contribution in [3.8, 4) is 0 Å². The number of unbranched alkanes of at least 4 members (excludes halogenated alkanes) is 34. The number of carbonyl (C=O) groups is 3. The van der Waals surface area contributed by atoms with Gasteiger partial charge in [-0.05, 0) is 161 Å². The topological polar surface area (TPSA) is 231 Å². The molecule has 18 heteroatoms. The fraction of sp³-hybridized carbons (Fsp3) is 0.660. The lowest BCUT2D eigenvalue weighted by Gasteiger charge is -2.21. The molecular weight excluding hydrogens is 1560 g/mol. The highest BCUT2D eigenvalue weighted by Crippen LogP contribution is 2.45. The van der Waals surface area contributed by atoms with Gasteiger partial charge in [-0.15, -0.1) is 0 Å². The molecule has 0 heterocycles. The van der Waals surface area contributed by atoms with E-state index >= 15 is 0 Å². The summed E-state index contributed by atoms with van der Waals surface area (Å²) in [6.07, 6.45) is 125. The molecule has 0 aliphatic carbocycles. The minimum Gasteiger partial charge on any atom is -0.463 e. The Bertz CT molecular complexity index is 2980. The van der Waals surface area contributed by atoms with Gasteiger partial charge < -0.3 is 34.2 Å². The van der Waals surface area contributed by atoms with Crippen LogP contribution in [-0.2, 0) is 55.8 Å². The largest absolute Gasteiger partial charge is 0.472 e. The van der Waals surface area contributed by atoms with Crippen molar-refractivity contribution in [2.45, 2.75) is 399 Å². The Hall–Kier alpha value is -5.61. The SMILES string of the molecule is CC/C=C\C/C=C\C/C=C\C/C=C\C/C=C\C/C=C\CCCCCCCCCCCCCCC(=O)OCC(O)COP(=O)(O)OCC(O)COP(=O)(O)OCC(COC(=O)CCCCCCCCCCCCC/C=C\C/C=C\C/C=C\C/C=C\C/C=C\CC)OC(=O)CCCCCCCCCCCCC/C=C\C/C=C\C/C=C\C/C=C\C/C=C\CC. The zero-order valence-corrected chi connectivity index (χ0v) is 77.9. The fourth-order valence-electron chi connectivity index (χ4n) is 12.7. The summed E-state index contributed by atoms with van der Waals surface area (Å²) in [5.74, 6) is -1.58. The van der Waals surface area contributed by atoms with Gasteiger partial charge in [-0.25, -0.2) is 9.13 Å². The van der Waals surface area contributed by atoms with Crippen LogP contribution in [0.5, 0.6) is 0 Å². The summed E-state index contributed by atoms with van der Waals surface area (Å²) in [6.45, 7) is 2.38. The molecule has 0 aromatic carbocycles. The normalized spacial score (nSPS) is 14.6. The number of aliphatic hydroxyl groups excluding tert-OH is 2. The van der Waals surface area contributed by atoms with Gasteiger partial charge in [0.05, 0.1) is 26.4 Å². The minimum atomic E-state index is -4.95. The van der Waals surface area contributed by atoms with Gasteiger partial charge in [0.2, 0.25) is 0 Å². The van der Waals surface area contributed by atoms with E-state index in [-0.39, 0.29) is 19.3 Å². The van der Waals surface area contributed by atoms with Crippen LogP contribution < -0.4 is 0 Å². The van der Waals surface area contributed by atoms with Gasteiger partial charge in [0.25, 0.3) is 0 Å². The number of rotatable bonds is 89. The third-order valence-electron chi connectivity index (χ3n) is 19.8. The summed E-state index contributed by atoms with van der Waals surface area (Å²) in [5.41, 5.74) is 0. The van der Waals surface area contributed by atoms with Crippen LogP contribution in [-0.4, -0.2) is 95.9 Å². The molecule has 16 nitrogen and oxygen atoms in total. The summed E-state index contributed by atoms with van der Waals surface area (Å²) in [6, 6.07) is 0. The molecule has 0 aromatic heterocycles. The van der Waals surface area contributed by atoms with Crippen molar-refractivity contribution in [2.24, 2.45) is 0 Å². The van der Waals surface area contributed by atoms with Crippen LogP contribution in [0.2, 0.25) is 0 Å². The van der Waals surface area contributed by atoms with E-state index < -0.39 is 91.5 Å². The first-order valence-electron chi connectivity index (χ1n) is 47.7. The number of ether oxygens (including phenoxy) is 3. The lowest BCUT2D eigenvalue weighted by molar-refractivity contribution is -0.161. The van der Waals surface area contributed by atoms with Crippen LogP contribution in [0.1, 0.15) is 380 Å². The van der Waals surface area contributed by atoms with E-state index in [4.69, 9.17) is 32.3 Å². The molecule has 0 aliphatic rings. The molecule has 0 radical (unpaired) electrons. The molecule has 690 valence electrons. The standard InChI is InChI=1S/C103H172O16P2/c1-4-7-10-13-16-19-22-25-28-31-34-37-40-43-46-47-48-49-52-54-56-59-62-65-68-71-74-77-80-83-86-89-101(106)113-92-98(104)93-115-120(109,110)116-94-99(105)95-117-121(111,112)118-97-100(119-103(108)91-88-85-82-79-76-73-70-67-64-61-58-55-51-45-42-39-36-33-30-27-24-21-18-15-12-9-6-3)96-114-102(107)90-87-84-81-78-75-72-69-66-63-60-57-53-50-44-41-38-35-32-29-26-23-20-17-14-11-8-5-2/h7-12,16-21,25-30,34-39,43-46,48-51,98-100,104-105H,4-6,13-15,22-24,31-33,40-42,47,52-97H2,1-3H3,(H,109,110)(H,111,112)/b10-7-,11-8-,12-9-,19-16-,20-17-,21-18-,28-25-,29-26-,30-27-,37-34-,38-35-,39-36-,46-43-,49-48-,50-44-,51-45-. The maximum absolute atomic E-state index is 13.1. The third-order valence-corrected chi connectivity index (χ3v) is 21.7. The number of aliphatic hydroxyl groups is 2. The monoisotopic (exact) mass is 1730 g/mol. The summed E-state index contributed by atoms with van der Waals surface area (Å²) in [5, 5.41) is 20.8. The average molecular weight is 1730 g/mol. The molecule has 5 atom stereocenters. The highest BCUT2D eigenvalue weighted by Gasteiger charge is 2.30. The Kier molecular flexibility index (Phi) is 89.2. The maximum Gasteiger partial charge on any atom is 0.472 e. The Morgan fingerprint density at radius 3 is 0.653 bits per heavy atom. The molecule has 121 heavy (non-hydrogen) atoms. The summed E-state index contributed by atoms with van der Waals surface area (Å²) >= 11 is 0. The van der Waals surface area contributed by atoms with Crippen LogP contribution in [0.4, 0.5) is 0 Å². The van der Waals surface area contributed by atoms with Gasteiger partial charge in [-0.2, -0.15) is 0 Å². The van der Waals surface area contributed by atoms with Crippen LogP contribution in [0.3, 0.4) is 0 Å². The number of hydrogen-bond acceptors (Lipinski definition) is 14. The Morgan fingerprint density at radius 1 is 0.231 bits per heavy atom. The van der Waals surface area contributed by atoms with E-state index in [0.717, 1.165) is 193 Å². The summed E-state index contributed by atoms with van der Waals surface area (Å²) in [7, 11) is -9.82. The predicted octanol–water partition coefficient (Wildman–Crippen LogP) is 29.8. The molecule has 0 fully saturated rings. The number of carbonyl (C=O) groups excluding carboxylic acids is 3. The Labute approximate surface area is 737 Å². The smallest absolute Gasteiger partial charge is 0.463 e. The van der Waals surface area contributed by atoms with Crippen LogP contribution in [0, 0.1) is 0 Å². The molecule has 5 unspecified atom stereocenters. The van der Waals surface area contributed by atoms with Crippen molar-refractivity contribution < 1.29 is 75.8 Å². The zero-order chi connectivity index (χ0) is 87.9. The number of phosphoric acid groups is 2. The first-order chi connectivity index (χ1) is 59.2. The quantitative estimate of drug-likeness (QED) is 0.0146. The minimum absolute atomic E-state index is 0.0943. The van der Waals surface area contributed by atoms with Crippen LogP contribution in [0.25, 0.3) is 0 Å². The lowest BCUT2D eigenvalue weighted by Crippen LogP contribution is -2.30. The predicted molar refractivity (Wildman–Crippen MR) is 509 cm³/mol. The molecule has 4 N–H and O–H groups in total. The van der Waals surface area contributed by atoms with Gasteiger partial charge in [0.1, 0.15) is 25.4 Å². The van der Waals surface area contributed by atoms with Crippen molar-refractivity contribution in [2.75, 3.05) is 39.6 Å². The van der Waals surface area contributed by atoms with Crippen molar-refractivity contribution >= 4 is 33.6 Å². The van der Waals surface area contributed by atoms with Gasteiger partial charge in [0.15, 0.2) is 6.10 Å². The molecule has 0 aliphatic heterocycles. The van der Waals surface area contributed by atoms with Crippen LogP contribution in [0.15, 0.2) is 194 Å². The van der Waals surface area contributed by atoms with Crippen molar-refractivity contribution in [1.82, 2.24) is 0 Å². The summed E-state index contributed by atoms with van der Waals surface area (Å²) < 4.78 is 61.6. The van der Waals surface area contributed by atoms with Gasteiger partial charge in [-0.1, -0.05) is 395 Å². The molecule has 0 aromatic rings. The average Bonchev–Trinajstić information content (AvgIpc) is 0.908. The number of hydrogen-bond donors (Lipinski definition) is 4. The van der Waals surface area contributed by atoms with Gasteiger partial charge in [0, 0.05) is 19.3 Å². The van der Waals surface area contributed by atoms with E-state index in [0.29, 0.717) is 19.3 Å². The van der Waals surface area contributed by atoms with E-state index in [1.165, 1.54) is 128 Å². The van der Waals surface area contributed by atoms with E-state index in [1.807, 2.05) is 0 Å². The Balaban J connectivity index is 4.65. The molecule has 0 saturated carbocycles. The third kappa shape index (κ3) is 94.9. The molecule has 0 amide bonds. The number of phosphoric ester groups is 2. The van der Waals surface area contributed by atoms with Crippen molar-refractivity contribution in [1.29, 1.82) is 0 Å². The first kappa shape index (κ1) is 115. The molecule has 0 spiro atoms. The molecular formula is C103H172O16P2. The Morgan fingerprint density at radius 2 is 0.413 bits per heavy atom. The molecule has 0 saturated heterocycles. The molecule has 0 bridgehead atoms. The molecule has 0 rings (SSSR count). The highest BCUT2D eigenvalue weighted by atomic mass is 31.2. The van der Waals surface area contributed by atoms with E-state index in [2.05, 4.69) is 215 Å². The fourth-order valence-corrected chi connectivity index (χ4v) is 14.3. The maximum atomic E-state index is 13.1. The first-order valence-corrected chi connectivity index (χ1v) is 50.7. The second-order valence-corrected chi connectivity index (χ2v) is 34.3. The second-order valence-electron chi connectivity index (χ2n) is 31.4.